The van der Waals surface area contributed by atoms with Crippen molar-refractivity contribution in [2.24, 2.45) is 0 Å². The number of carbonyl (C=O) groups is 1. The molecule has 0 N–H and O–H groups in total. The maximum atomic E-state index is 12.1. The SMILES string of the molecule is COc1ccc(CN(CC(OC)OC)C(=O)C(Cl)Cl)cc1. The zero-order valence-corrected chi connectivity index (χ0v) is 13.7. The molecule has 0 saturated carbocycles. The first kappa shape index (κ1) is 18.0. The average Bonchev–Trinajstić information content (AvgIpc) is 2.51. The minimum Gasteiger partial charge on any atom is -0.497 e. The Hall–Kier alpha value is -1.01. The lowest BCUT2D eigenvalue weighted by atomic mass is 10.2. The lowest BCUT2D eigenvalue weighted by Gasteiger charge is -2.26. The molecular weight excluding hydrogens is 317 g/mol. The van der Waals surface area contributed by atoms with Crippen LogP contribution in [0.5, 0.6) is 5.75 Å². The highest BCUT2D eigenvalue weighted by molar-refractivity contribution is 6.53. The van der Waals surface area contributed by atoms with Crippen LogP contribution in [0.1, 0.15) is 5.56 Å². The Morgan fingerprint density at radius 2 is 1.71 bits per heavy atom. The van der Waals surface area contributed by atoms with Crippen LogP contribution in [-0.2, 0) is 20.8 Å². The van der Waals surface area contributed by atoms with Crippen molar-refractivity contribution >= 4 is 29.1 Å². The fourth-order valence-electron chi connectivity index (χ4n) is 1.75. The van der Waals surface area contributed by atoms with Crippen LogP contribution in [0.3, 0.4) is 0 Å². The number of methoxy groups -OCH3 is 3. The monoisotopic (exact) mass is 335 g/mol. The Morgan fingerprint density at radius 1 is 1.14 bits per heavy atom. The van der Waals surface area contributed by atoms with E-state index in [1.807, 2.05) is 24.3 Å². The van der Waals surface area contributed by atoms with Crippen molar-refractivity contribution in [1.29, 1.82) is 0 Å². The number of ether oxygens (including phenoxy) is 3. The lowest BCUT2D eigenvalue weighted by Crippen LogP contribution is -2.41. The van der Waals surface area contributed by atoms with Crippen molar-refractivity contribution in [2.45, 2.75) is 17.7 Å². The fraction of sp³-hybridized carbons (Fsp3) is 0.500. The molecule has 0 aliphatic heterocycles. The van der Waals surface area contributed by atoms with E-state index in [1.54, 1.807) is 7.11 Å². The Balaban J connectivity index is 2.82. The van der Waals surface area contributed by atoms with Gasteiger partial charge in [-0.05, 0) is 17.7 Å². The second-order valence-electron chi connectivity index (χ2n) is 4.27. The van der Waals surface area contributed by atoms with Crippen LogP contribution in [0.15, 0.2) is 24.3 Å². The van der Waals surface area contributed by atoms with E-state index in [-0.39, 0.29) is 6.54 Å². The summed E-state index contributed by atoms with van der Waals surface area (Å²) in [4.78, 5) is 12.4. The molecule has 0 aliphatic carbocycles. The molecule has 0 bridgehead atoms. The topological polar surface area (TPSA) is 48.0 Å². The number of halogens is 2. The third-order valence-electron chi connectivity index (χ3n) is 2.93. The van der Waals surface area contributed by atoms with Gasteiger partial charge in [0.05, 0.1) is 13.7 Å². The van der Waals surface area contributed by atoms with Crippen LogP contribution < -0.4 is 4.74 Å². The summed E-state index contributed by atoms with van der Waals surface area (Å²) in [6.07, 6.45) is -0.542. The van der Waals surface area contributed by atoms with Gasteiger partial charge in [0.25, 0.3) is 5.91 Å². The van der Waals surface area contributed by atoms with Crippen molar-refractivity contribution in [3.8, 4) is 5.75 Å². The van der Waals surface area contributed by atoms with E-state index in [9.17, 15) is 4.79 Å². The lowest BCUT2D eigenvalue weighted by molar-refractivity contribution is -0.144. The third kappa shape index (κ3) is 5.71. The molecule has 0 saturated heterocycles. The molecule has 0 aliphatic rings. The molecule has 0 unspecified atom stereocenters. The minimum atomic E-state index is -1.13. The zero-order valence-electron chi connectivity index (χ0n) is 12.2. The van der Waals surface area contributed by atoms with Crippen molar-refractivity contribution < 1.29 is 19.0 Å². The molecule has 5 nitrogen and oxygen atoms in total. The van der Waals surface area contributed by atoms with Crippen molar-refractivity contribution in [1.82, 2.24) is 4.90 Å². The quantitative estimate of drug-likeness (QED) is 0.540. The van der Waals surface area contributed by atoms with E-state index >= 15 is 0 Å². The van der Waals surface area contributed by atoms with Crippen LogP contribution in [0.2, 0.25) is 0 Å². The molecule has 0 fully saturated rings. The van der Waals surface area contributed by atoms with Gasteiger partial charge in [0, 0.05) is 20.8 Å². The third-order valence-corrected chi connectivity index (χ3v) is 3.30. The normalized spacial score (nSPS) is 11.0. The van der Waals surface area contributed by atoms with Crippen molar-refractivity contribution in [3.05, 3.63) is 29.8 Å². The minimum absolute atomic E-state index is 0.230. The maximum Gasteiger partial charge on any atom is 0.256 e. The van der Waals surface area contributed by atoms with Crippen LogP contribution in [0.4, 0.5) is 0 Å². The van der Waals surface area contributed by atoms with Gasteiger partial charge in [-0.2, -0.15) is 0 Å². The van der Waals surface area contributed by atoms with Crippen LogP contribution in [-0.4, -0.2) is 49.8 Å². The molecule has 21 heavy (non-hydrogen) atoms. The van der Waals surface area contributed by atoms with E-state index in [4.69, 9.17) is 37.4 Å². The second-order valence-corrected chi connectivity index (χ2v) is 5.36. The number of benzene rings is 1. The van der Waals surface area contributed by atoms with E-state index in [2.05, 4.69) is 0 Å². The molecule has 1 amide bonds. The molecule has 0 aromatic heterocycles. The van der Waals surface area contributed by atoms with Gasteiger partial charge >= 0.3 is 0 Å². The van der Waals surface area contributed by atoms with Gasteiger partial charge in [0.15, 0.2) is 11.1 Å². The summed E-state index contributed by atoms with van der Waals surface area (Å²) in [7, 11) is 4.60. The van der Waals surface area contributed by atoms with Crippen LogP contribution in [0.25, 0.3) is 0 Å². The summed E-state index contributed by atoms with van der Waals surface area (Å²) < 4.78 is 15.3. The van der Waals surface area contributed by atoms with Gasteiger partial charge in [-0.3, -0.25) is 4.79 Å². The number of hydrogen-bond acceptors (Lipinski definition) is 4. The average molecular weight is 336 g/mol. The number of rotatable bonds is 8. The summed E-state index contributed by atoms with van der Waals surface area (Å²) in [6.45, 7) is 0.579. The highest BCUT2D eigenvalue weighted by atomic mass is 35.5. The van der Waals surface area contributed by atoms with E-state index in [0.29, 0.717) is 6.54 Å². The van der Waals surface area contributed by atoms with Gasteiger partial charge in [-0.1, -0.05) is 35.3 Å². The first-order chi connectivity index (χ1) is 10.0. The van der Waals surface area contributed by atoms with Gasteiger partial charge in [-0.15, -0.1) is 0 Å². The molecular formula is C14H19Cl2NO4. The number of amides is 1. The van der Waals surface area contributed by atoms with E-state index in [0.717, 1.165) is 11.3 Å². The molecule has 0 spiro atoms. The van der Waals surface area contributed by atoms with Crippen LogP contribution >= 0.6 is 23.2 Å². The molecule has 0 atom stereocenters. The highest BCUT2D eigenvalue weighted by Crippen LogP contribution is 2.16. The van der Waals surface area contributed by atoms with Gasteiger partial charge in [-0.25, -0.2) is 0 Å². The summed E-state index contributed by atoms with van der Waals surface area (Å²) in [6, 6.07) is 7.37. The zero-order chi connectivity index (χ0) is 15.8. The molecule has 1 rings (SSSR count). The summed E-state index contributed by atoms with van der Waals surface area (Å²) in [5.41, 5.74) is 0.920. The number of nitrogens with zero attached hydrogens (tertiary/aromatic N) is 1. The van der Waals surface area contributed by atoms with Crippen LogP contribution in [0, 0.1) is 0 Å². The first-order valence-corrected chi connectivity index (χ1v) is 7.14. The van der Waals surface area contributed by atoms with Gasteiger partial charge < -0.3 is 19.1 Å². The fourth-order valence-corrected chi connectivity index (χ4v) is 2.02. The summed E-state index contributed by atoms with van der Waals surface area (Å²) in [5.74, 6) is 0.351. The molecule has 7 heteroatoms. The van der Waals surface area contributed by atoms with Crippen molar-refractivity contribution in [2.75, 3.05) is 27.9 Å². The number of hydrogen-bond donors (Lipinski definition) is 0. The Morgan fingerprint density at radius 3 is 2.14 bits per heavy atom. The predicted molar refractivity (Wildman–Crippen MR) is 81.7 cm³/mol. The smallest absolute Gasteiger partial charge is 0.256 e. The summed E-state index contributed by atoms with van der Waals surface area (Å²) in [5, 5.41) is 0. The first-order valence-electron chi connectivity index (χ1n) is 6.27. The predicted octanol–water partition coefficient (Wildman–Crippen LogP) is 2.45. The Bertz CT molecular complexity index is 435. The Kier molecular flexibility index (Phi) is 7.82. The molecule has 118 valence electrons. The maximum absolute atomic E-state index is 12.1. The largest absolute Gasteiger partial charge is 0.497 e. The molecule has 0 radical (unpaired) electrons. The van der Waals surface area contributed by atoms with Gasteiger partial charge in [0.1, 0.15) is 5.75 Å². The van der Waals surface area contributed by atoms with E-state index in [1.165, 1.54) is 19.1 Å². The number of carbonyl (C=O) groups excluding carboxylic acids is 1. The standard InChI is InChI=1S/C14H19Cl2NO4/c1-19-11-6-4-10(5-7-11)8-17(14(18)13(15)16)9-12(20-2)21-3/h4-7,12-13H,8-9H2,1-3H3. The number of alkyl halides is 2. The molecule has 1 aromatic rings. The highest BCUT2D eigenvalue weighted by Gasteiger charge is 2.23. The molecule has 0 heterocycles. The Labute approximate surface area is 134 Å². The van der Waals surface area contributed by atoms with E-state index < -0.39 is 17.0 Å². The molecule has 1 aromatic carbocycles. The van der Waals surface area contributed by atoms with Crippen molar-refractivity contribution in [3.63, 3.8) is 0 Å². The van der Waals surface area contributed by atoms with Gasteiger partial charge in [0.2, 0.25) is 0 Å². The summed E-state index contributed by atoms with van der Waals surface area (Å²) >= 11 is 11.4. The second kappa shape index (κ2) is 9.10.